The lowest BCUT2D eigenvalue weighted by Gasteiger charge is -2.20. The maximum Gasteiger partial charge on any atom is 0.133 e. The van der Waals surface area contributed by atoms with Crippen molar-refractivity contribution in [3.8, 4) is 0 Å². The first kappa shape index (κ1) is 18.3. The number of pyridine rings is 3. The van der Waals surface area contributed by atoms with E-state index in [0.717, 1.165) is 41.0 Å². The SMILES string of the molecule is C1=C(Nc2ncccc2CC(c2cccnc2)c2cccnc2)C=C2COC=C2C1. The van der Waals surface area contributed by atoms with Gasteiger partial charge < -0.3 is 10.1 Å². The van der Waals surface area contributed by atoms with Gasteiger partial charge in [-0.15, -0.1) is 0 Å². The summed E-state index contributed by atoms with van der Waals surface area (Å²) in [6.07, 6.45) is 17.2. The maximum atomic E-state index is 5.45. The zero-order chi connectivity index (χ0) is 20.2. The van der Waals surface area contributed by atoms with E-state index >= 15 is 0 Å². The molecule has 148 valence electrons. The Balaban J connectivity index is 1.44. The molecule has 0 radical (unpaired) electrons. The van der Waals surface area contributed by atoms with Gasteiger partial charge in [0.05, 0.1) is 6.26 Å². The van der Waals surface area contributed by atoms with Crippen LogP contribution in [-0.4, -0.2) is 21.6 Å². The van der Waals surface area contributed by atoms with Gasteiger partial charge in [0.2, 0.25) is 0 Å². The molecule has 0 unspecified atom stereocenters. The van der Waals surface area contributed by atoms with E-state index in [9.17, 15) is 0 Å². The minimum Gasteiger partial charge on any atom is -0.496 e. The molecule has 3 aromatic heterocycles. The third-order valence-electron chi connectivity index (χ3n) is 5.50. The molecule has 0 saturated carbocycles. The molecule has 0 bridgehead atoms. The molecule has 0 saturated heterocycles. The monoisotopic (exact) mass is 394 g/mol. The number of aromatic nitrogens is 3. The van der Waals surface area contributed by atoms with Crippen molar-refractivity contribution < 1.29 is 4.74 Å². The zero-order valence-corrected chi connectivity index (χ0v) is 16.5. The number of fused-ring (bicyclic) bond motifs is 1. The van der Waals surface area contributed by atoms with Crippen molar-refractivity contribution in [3.05, 3.63) is 119 Å². The minimum absolute atomic E-state index is 0.147. The molecule has 30 heavy (non-hydrogen) atoms. The first-order valence-corrected chi connectivity index (χ1v) is 10.1. The van der Waals surface area contributed by atoms with E-state index < -0.39 is 0 Å². The number of nitrogens with zero attached hydrogens (tertiary/aromatic N) is 3. The molecule has 0 atom stereocenters. The largest absolute Gasteiger partial charge is 0.496 e. The summed E-state index contributed by atoms with van der Waals surface area (Å²) < 4.78 is 5.45. The van der Waals surface area contributed by atoms with E-state index in [1.54, 1.807) is 12.4 Å². The Kier molecular flexibility index (Phi) is 5.08. The van der Waals surface area contributed by atoms with Gasteiger partial charge in [0, 0.05) is 42.6 Å². The van der Waals surface area contributed by atoms with Crippen molar-refractivity contribution in [2.24, 2.45) is 0 Å². The van der Waals surface area contributed by atoms with Gasteiger partial charge in [-0.2, -0.15) is 0 Å². The molecule has 5 heteroatoms. The second kappa shape index (κ2) is 8.33. The van der Waals surface area contributed by atoms with Crippen molar-refractivity contribution in [2.75, 3.05) is 11.9 Å². The van der Waals surface area contributed by atoms with Gasteiger partial charge >= 0.3 is 0 Å². The predicted molar refractivity (Wildman–Crippen MR) is 117 cm³/mol. The second-order valence-corrected chi connectivity index (χ2v) is 7.45. The lowest BCUT2D eigenvalue weighted by Crippen LogP contribution is -2.11. The summed E-state index contributed by atoms with van der Waals surface area (Å²) in [5.74, 6) is 1.03. The molecule has 3 aromatic rings. The molecule has 5 rings (SSSR count). The molecular formula is C25H22N4O. The van der Waals surface area contributed by atoms with Crippen LogP contribution in [0, 0.1) is 0 Å². The van der Waals surface area contributed by atoms with E-state index in [2.05, 4.69) is 50.6 Å². The van der Waals surface area contributed by atoms with Crippen LogP contribution in [-0.2, 0) is 11.2 Å². The molecule has 5 nitrogen and oxygen atoms in total. The Hall–Kier alpha value is -3.73. The summed E-state index contributed by atoms with van der Waals surface area (Å²) in [5.41, 5.74) is 7.04. The van der Waals surface area contributed by atoms with Gasteiger partial charge in [-0.25, -0.2) is 4.98 Å². The summed E-state index contributed by atoms with van der Waals surface area (Å²) in [6.45, 7) is 0.646. The first-order valence-electron chi connectivity index (χ1n) is 10.1. The molecule has 1 aliphatic carbocycles. The van der Waals surface area contributed by atoms with Crippen molar-refractivity contribution in [1.29, 1.82) is 0 Å². The van der Waals surface area contributed by atoms with Crippen LogP contribution in [0.4, 0.5) is 5.82 Å². The normalized spacial score (nSPS) is 15.0. The summed E-state index contributed by atoms with van der Waals surface area (Å²) in [6, 6.07) is 12.3. The van der Waals surface area contributed by atoms with E-state index in [0.29, 0.717) is 6.61 Å². The second-order valence-electron chi connectivity index (χ2n) is 7.45. The minimum atomic E-state index is 0.147. The van der Waals surface area contributed by atoms with Crippen LogP contribution in [0.3, 0.4) is 0 Å². The zero-order valence-electron chi connectivity index (χ0n) is 16.5. The number of anilines is 1. The lowest BCUT2D eigenvalue weighted by atomic mass is 9.87. The van der Waals surface area contributed by atoms with Crippen molar-refractivity contribution in [2.45, 2.75) is 18.8 Å². The highest BCUT2D eigenvalue weighted by Gasteiger charge is 2.20. The fourth-order valence-electron chi connectivity index (χ4n) is 3.93. The van der Waals surface area contributed by atoms with Crippen LogP contribution in [0.1, 0.15) is 29.0 Å². The Labute approximate surface area is 175 Å². The van der Waals surface area contributed by atoms with Gasteiger partial charge in [-0.3, -0.25) is 9.97 Å². The molecule has 0 amide bonds. The predicted octanol–water partition coefficient (Wildman–Crippen LogP) is 4.79. The first-order chi connectivity index (χ1) is 14.9. The fourth-order valence-corrected chi connectivity index (χ4v) is 3.93. The van der Waals surface area contributed by atoms with Crippen molar-refractivity contribution in [1.82, 2.24) is 15.0 Å². The molecule has 0 fully saturated rings. The lowest BCUT2D eigenvalue weighted by molar-refractivity contribution is 0.301. The Morgan fingerprint density at radius 1 is 0.933 bits per heavy atom. The third kappa shape index (κ3) is 3.87. The van der Waals surface area contributed by atoms with Crippen molar-refractivity contribution >= 4 is 5.82 Å². The number of ether oxygens (including phenoxy) is 1. The number of hydrogen-bond donors (Lipinski definition) is 1. The fraction of sp³-hybridized carbons (Fsp3) is 0.160. The summed E-state index contributed by atoms with van der Waals surface area (Å²) >= 11 is 0. The standard InChI is InChI=1S/C25H22N4O/c1-5-19(14-26-9-1)24(20-6-2-10-27-15-20)13-18-4-3-11-28-25(18)29-23-8-7-21-16-30-17-22(21)12-23/h1-6,8-12,14-16,24H,7,13,17H2,(H,28,29). The van der Waals surface area contributed by atoms with Crippen molar-refractivity contribution in [3.63, 3.8) is 0 Å². The van der Waals surface area contributed by atoms with Crippen LogP contribution in [0.25, 0.3) is 0 Å². The van der Waals surface area contributed by atoms with E-state index in [-0.39, 0.29) is 5.92 Å². The smallest absolute Gasteiger partial charge is 0.133 e. The number of nitrogens with one attached hydrogen (secondary N) is 1. The van der Waals surface area contributed by atoms with Gasteiger partial charge in [0.1, 0.15) is 12.4 Å². The van der Waals surface area contributed by atoms with Gasteiger partial charge in [0.25, 0.3) is 0 Å². The van der Waals surface area contributed by atoms with E-state index in [1.165, 1.54) is 11.1 Å². The number of rotatable bonds is 6. The Bertz CT molecular complexity index is 1080. The van der Waals surface area contributed by atoms with Crippen LogP contribution in [0.15, 0.2) is 103 Å². The molecule has 4 heterocycles. The average molecular weight is 394 g/mol. The molecule has 1 N–H and O–H groups in total. The summed E-state index contributed by atoms with van der Waals surface area (Å²) in [7, 11) is 0. The van der Waals surface area contributed by atoms with Gasteiger partial charge in [-0.1, -0.05) is 24.3 Å². The quantitative estimate of drug-likeness (QED) is 0.652. The molecule has 0 spiro atoms. The van der Waals surface area contributed by atoms with Crippen LogP contribution >= 0.6 is 0 Å². The van der Waals surface area contributed by atoms with Gasteiger partial charge in [-0.05, 0) is 65.0 Å². The maximum absolute atomic E-state index is 5.45. The highest BCUT2D eigenvalue weighted by Crippen LogP contribution is 2.32. The average Bonchev–Trinajstić information content (AvgIpc) is 3.28. The van der Waals surface area contributed by atoms with Crippen LogP contribution < -0.4 is 5.32 Å². The van der Waals surface area contributed by atoms with E-state index in [4.69, 9.17) is 4.74 Å². The number of allylic oxidation sites excluding steroid dienone is 2. The molecule has 0 aromatic carbocycles. The van der Waals surface area contributed by atoms with Crippen LogP contribution in [0.5, 0.6) is 0 Å². The molecule has 1 aliphatic heterocycles. The highest BCUT2D eigenvalue weighted by molar-refractivity contribution is 5.56. The molecular weight excluding hydrogens is 372 g/mol. The van der Waals surface area contributed by atoms with Crippen LogP contribution in [0.2, 0.25) is 0 Å². The van der Waals surface area contributed by atoms with Gasteiger partial charge in [0.15, 0.2) is 0 Å². The topological polar surface area (TPSA) is 59.9 Å². The Morgan fingerprint density at radius 3 is 2.43 bits per heavy atom. The highest BCUT2D eigenvalue weighted by atomic mass is 16.5. The third-order valence-corrected chi connectivity index (χ3v) is 5.50. The number of hydrogen-bond acceptors (Lipinski definition) is 5. The van der Waals surface area contributed by atoms with E-state index in [1.807, 2.05) is 43.1 Å². The Morgan fingerprint density at radius 2 is 1.70 bits per heavy atom. The molecule has 2 aliphatic rings. The summed E-state index contributed by atoms with van der Waals surface area (Å²) in [5, 5.41) is 3.53. The summed E-state index contributed by atoms with van der Waals surface area (Å²) in [4.78, 5) is 13.3.